The molecule has 3 rings (SSSR count). The van der Waals surface area contributed by atoms with Crippen molar-refractivity contribution in [3.8, 4) is 0 Å². The maximum atomic E-state index is 13.6. The Bertz CT molecular complexity index is 969. The molecule has 0 aliphatic rings. The Morgan fingerprint density at radius 1 is 1.14 bits per heavy atom. The number of anilines is 2. The fourth-order valence-corrected chi connectivity index (χ4v) is 3.17. The SMILES string of the molecule is Cc1cc(C)c(NC(=O)c2cnc(NCCc3ccccc3F)nc2)c(Cl)c1. The van der Waals surface area contributed by atoms with Crippen LogP contribution in [0.5, 0.6) is 0 Å². The average Bonchev–Trinajstić information content (AvgIpc) is 2.66. The summed E-state index contributed by atoms with van der Waals surface area (Å²) < 4.78 is 13.6. The number of amides is 1. The van der Waals surface area contributed by atoms with Crippen molar-refractivity contribution in [3.05, 3.63) is 81.9 Å². The van der Waals surface area contributed by atoms with Gasteiger partial charge in [0.25, 0.3) is 5.91 Å². The monoisotopic (exact) mass is 398 g/mol. The highest BCUT2D eigenvalue weighted by molar-refractivity contribution is 6.34. The van der Waals surface area contributed by atoms with Crippen LogP contribution in [0.2, 0.25) is 5.02 Å². The molecule has 5 nitrogen and oxygen atoms in total. The van der Waals surface area contributed by atoms with Gasteiger partial charge in [0.15, 0.2) is 0 Å². The number of halogens is 2. The maximum absolute atomic E-state index is 13.6. The van der Waals surface area contributed by atoms with Crippen LogP contribution in [0.15, 0.2) is 48.8 Å². The molecule has 1 heterocycles. The van der Waals surface area contributed by atoms with Gasteiger partial charge >= 0.3 is 0 Å². The van der Waals surface area contributed by atoms with Gasteiger partial charge in [0, 0.05) is 18.9 Å². The van der Waals surface area contributed by atoms with Crippen LogP contribution >= 0.6 is 11.6 Å². The summed E-state index contributed by atoms with van der Waals surface area (Å²) in [6.07, 6.45) is 3.37. The molecule has 0 bridgehead atoms. The van der Waals surface area contributed by atoms with Crippen molar-refractivity contribution in [1.29, 1.82) is 0 Å². The number of carbonyl (C=O) groups is 1. The first-order chi connectivity index (χ1) is 13.4. The molecule has 1 amide bonds. The lowest BCUT2D eigenvalue weighted by molar-refractivity contribution is 0.102. The van der Waals surface area contributed by atoms with Gasteiger partial charge in [-0.05, 0) is 49.1 Å². The van der Waals surface area contributed by atoms with Crippen LogP contribution < -0.4 is 10.6 Å². The Kier molecular flexibility index (Phi) is 6.21. The van der Waals surface area contributed by atoms with Crippen molar-refractivity contribution in [1.82, 2.24) is 9.97 Å². The Hall–Kier alpha value is -2.99. The van der Waals surface area contributed by atoms with Crippen LogP contribution in [0, 0.1) is 19.7 Å². The van der Waals surface area contributed by atoms with Gasteiger partial charge in [-0.2, -0.15) is 0 Å². The lowest BCUT2D eigenvalue weighted by Gasteiger charge is -2.11. The molecule has 0 spiro atoms. The van der Waals surface area contributed by atoms with E-state index in [9.17, 15) is 9.18 Å². The molecule has 28 heavy (non-hydrogen) atoms. The van der Waals surface area contributed by atoms with E-state index in [0.717, 1.165) is 11.1 Å². The second-order valence-electron chi connectivity index (χ2n) is 6.46. The Labute approximate surface area is 168 Å². The highest BCUT2D eigenvalue weighted by atomic mass is 35.5. The molecule has 0 aliphatic carbocycles. The van der Waals surface area contributed by atoms with E-state index in [-0.39, 0.29) is 11.7 Å². The van der Waals surface area contributed by atoms with Gasteiger partial charge in [0.05, 0.1) is 16.3 Å². The van der Waals surface area contributed by atoms with Crippen molar-refractivity contribution in [2.45, 2.75) is 20.3 Å². The second kappa shape index (κ2) is 8.80. The van der Waals surface area contributed by atoms with E-state index in [1.165, 1.54) is 18.5 Å². The van der Waals surface area contributed by atoms with Gasteiger partial charge < -0.3 is 10.6 Å². The van der Waals surface area contributed by atoms with Crippen LogP contribution in [0.1, 0.15) is 27.0 Å². The molecule has 2 N–H and O–H groups in total. The number of aromatic nitrogens is 2. The topological polar surface area (TPSA) is 66.9 Å². The third kappa shape index (κ3) is 4.84. The highest BCUT2D eigenvalue weighted by Gasteiger charge is 2.12. The molecular weight excluding hydrogens is 379 g/mol. The van der Waals surface area contributed by atoms with Gasteiger partial charge in [-0.25, -0.2) is 14.4 Å². The largest absolute Gasteiger partial charge is 0.354 e. The summed E-state index contributed by atoms with van der Waals surface area (Å²) in [5, 5.41) is 6.30. The Balaban J connectivity index is 1.59. The smallest absolute Gasteiger partial charge is 0.258 e. The van der Waals surface area contributed by atoms with E-state index in [0.29, 0.717) is 40.8 Å². The highest BCUT2D eigenvalue weighted by Crippen LogP contribution is 2.27. The molecule has 1 aromatic heterocycles. The molecule has 0 atom stereocenters. The lowest BCUT2D eigenvalue weighted by Crippen LogP contribution is -2.15. The van der Waals surface area contributed by atoms with Gasteiger partial charge in [-0.1, -0.05) is 35.9 Å². The molecule has 0 fully saturated rings. The van der Waals surface area contributed by atoms with E-state index < -0.39 is 0 Å². The van der Waals surface area contributed by atoms with Gasteiger partial charge in [0.1, 0.15) is 5.82 Å². The minimum Gasteiger partial charge on any atom is -0.354 e. The van der Waals surface area contributed by atoms with E-state index in [1.807, 2.05) is 19.9 Å². The van der Waals surface area contributed by atoms with Crippen molar-refractivity contribution in [2.75, 3.05) is 17.2 Å². The van der Waals surface area contributed by atoms with E-state index in [2.05, 4.69) is 20.6 Å². The molecule has 0 aliphatic heterocycles. The van der Waals surface area contributed by atoms with Crippen LogP contribution in [-0.4, -0.2) is 22.4 Å². The number of aryl methyl sites for hydroxylation is 2. The third-order valence-electron chi connectivity index (χ3n) is 4.22. The van der Waals surface area contributed by atoms with Crippen LogP contribution in [0.4, 0.5) is 16.0 Å². The maximum Gasteiger partial charge on any atom is 0.258 e. The molecule has 2 aromatic carbocycles. The number of nitrogens with zero attached hydrogens (tertiary/aromatic N) is 2. The zero-order chi connectivity index (χ0) is 20.1. The van der Waals surface area contributed by atoms with Crippen molar-refractivity contribution >= 4 is 29.1 Å². The first kappa shape index (κ1) is 19.8. The van der Waals surface area contributed by atoms with Crippen LogP contribution in [-0.2, 0) is 6.42 Å². The molecule has 0 saturated heterocycles. The molecule has 0 saturated carbocycles. The Morgan fingerprint density at radius 3 is 2.54 bits per heavy atom. The standard InChI is InChI=1S/C21H20ClFN4O/c1-13-9-14(2)19(17(22)10-13)27-20(28)16-11-25-21(26-12-16)24-8-7-15-5-3-4-6-18(15)23/h3-6,9-12H,7-8H2,1-2H3,(H,27,28)(H,24,25,26). The summed E-state index contributed by atoms with van der Waals surface area (Å²) in [6.45, 7) is 4.30. The molecule has 0 unspecified atom stereocenters. The van der Waals surface area contributed by atoms with Gasteiger partial charge in [-0.15, -0.1) is 0 Å². The summed E-state index contributed by atoms with van der Waals surface area (Å²) in [5.74, 6) is -0.202. The Morgan fingerprint density at radius 2 is 1.86 bits per heavy atom. The van der Waals surface area contributed by atoms with Crippen LogP contribution in [0.3, 0.4) is 0 Å². The number of nitrogens with one attached hydrogen (secondary N) is 2. The van der Waals surface area contributed by atoms with E-state index in [1.54, 1.807) is 24.3 Å². The molecular formula is C21H20ClFN4O. The average molecular weight is 399 g/mol. The first-order valence-corrected chi connectivity index (χ1v) is 9.19. The van der Waals surface area contributed by atoms with E-state index in [4.69, 9.17) is 11.6 Å². The number of hydrogen-bond acceptors (Lipinski definition) is 4. The number of carbonyl (C=O) groups excluding carboxylic acids is 1. The number of rotatable bonds is 6. The normalized spacial score (nSPS) is 10.6. The molecule has 144 valence electrons. The summed E-state index contributed by atoms with van der Waals surface area (Å²) in [5.41, 5.74) is 3.41. The predicted octanol–water partition coefficient (Wildman–Crippen LogP) is 4.79. The second-order valence-corrected chi connectivity index (χ2v) is 6.86. The summed E-state index contributed by atoms with van der Waals surface area (Å²) in [6, 6.07) is 10.4. The summed E-state index contributed by atoms with van der Waals surface area (Å²) in [7, 11) is 0. The lowest BCUT2D eigenvalue weighted by atomic mass is 10.1. The fourth-order valence-electron chi connectivity index (χ4n) is 2.81. The first-order valence-electron chi connectivity index (χ1n) is 8.81. The van der Waals surface area contributed by atoms with Crippen molar-refractivity contribution < 1.29 is 9.18 Å². The minimum atomic E-state index is -0.341. The predicted molar refractivity (Wildman–Crippen MR) is 110 cm³/mol. The minimum absolute atomic E-state index is 0.234. The van der Waals surface area contributed by atoms with Crippen molar-refractivity contribution in [3.63, 3.8) is 0 Å². The number of benzene rings is 2. The fraction of sp³-hybridized carbons (Fsp3) is 0.190. The quantitative estimate of drug-likeness (QED) is 0.626. The molecule has 7 heteroatoms. The molecule has 3 aromatic rings. The molecule has 0 radical (unpaired) electrons. The zero-order valence-electron chi connectivity index (χ0n) is 15.6. The number of hydrogen-bond donors (Lipinski definition) is 2. The van der Waals surface area contributed by atoms with Crippen molar-refractivity contribution in [2.24, 2.45) is 0 Å². The summed E-state index contributed by atoms with van der Waals surface area (Å²) >= 11 is 6.23. The summed E-state index contributed by atoms with van der Waals surface area (Å²) in [4.78, 5) is 20.7. The zero-order valence-corrected chi connectivity index (χ0v) is 16.3. The van der Waals surface area contributed by atoms with Gasteiger partial charge in [0.2, 0.25) is 5.95 Å². The third-order valence-corrected chi connectivity index (χ3v) is 4.52. The van der Waals surface area contributed by atoms with Crippen LogP contribution in [0.25, 0.3) is 0 Å². The van der Waals surface area contributed by atoms with E-state index >= 15 is 0 Å². The van der Waals surface area contributed by atoms with Gasteiger partial charge in [-0.3, -0.25) is 4.79 Å².